The summed E-state index contributed by atoms with van der Waals surface area (Å²) >= 11 is 0. The molecule has 2 aromatic rings. The minimum Gasteiger partial charge on any atom is -0.497 e. The Morgan fingerprint density at radius 3 is 2.07 bits per heavy atom. The first kappa shape index (κ1) is 21.4. The van der Waals surface area contributed by atoms with Crippen LogP contribution in [-0.4, -0.2) is 32.9 Å². The smallest absolute Gasteiger partial charge is 0.422 e. The number of benzene rings is 2. The fourth-order valence-corrected chi connectivity index (χ4v) is 2.43. The maximum atomic E-state index is 12.1. The number of carbonyl (C=O) groups is 1. The van der Waals surface area contributed by atoms with Crippen LogP contribution >= 0.6 is 0 Å². The number of aryl methyl sites for hydroxylation is 1. The van der Waals surface area contributed by atoms with Gasteiger partial charge >= 0.3 is 6.18 Å². The van der Waals surface area contributed by atoms with Crippen LogP contribution in [0.2, 0.25) is 0 Å². The molecular weight excluding hydrogens is 375 g/mol. The van der Waals surface area contributed by atoms with Gasteiger partial charge in [0.25, 0.3) is 0 Å². The topological polar surface area (TPSA) is 56.8 Å². The van der Waals surface area contributed by atoms with Crippen molar-refractivity contribution in [1.29, 1.82) is 0 Å². The van der Waals surface area contributed by atoms with E-state index in [-0.39, 0.29) is 24.6 Å². The second-order valence-electron chi connectivity index (χ2n) is 6.05. The molecule has 0 saturated carbocycles. The van der Waals surface area contributed by atoms with Crippen molar-refractivity contribution in [3.63, 3.8) is 0 Å². The first-order valence-corrected chi connectivity index (χ1v) is 8.56. The highest BCUT2D eigenvalue weighted by molar-refractivity contribution is 5.76. The number of carbonyl (C=O) groups excluding carboxylic acids is 1. The molecule has 1 N–H and O–H groups in total. The van der Waals surface area contributed by atoms with Gasteiger partial charge < -0.3 is 19.5 Å². The molecule has 0 radical (unpaired) electrons. The number of hydrogen-bond donors (Lipinski definition) is 1. The van der Waals surface area contributed by atoms with Crippen LogP contribution in [0, 0.1) is 0 Å². The fraction of sp³-hybridized carbons (Fsp3) is 0.350. The monoisotopic (exact) mass is 397 g/mol. The lowest BCUT2D eigenvalue weighted by Crippen LogP contribution is -2.23. The van der Waals surface area contributed by atoms with E-state index in [0.717, 1.165) is 11.1 Å². The van der Waals surface area contributed by atoms with Crippen LogP contribution in [0.4, 0.5) is 13.2 Å². The molecule has 5 nitrogen and oxygen atoms in total. The van der Waals surface area contributed by atoms with Crippen LogP contribution in [0.25, 0.3) is 0 Å². The standard InChI is InChI=1S/C20H22F3NO4/c1-26-17-9-15(10-18(11-17)27-2)5-8-19(25)24-12-14-3-6-16(7-4-14)28-13-20(21,22)23/h3-4,6-7,9-11H,5,8,12-13H2,1-2H3,(H,24,25). The van der Waals surface area contributed by atoms with Crippen LogP contribution in [-0.2, 0) is 17.8 Å². The van der Waals surface area contributed by atoms with Crippen molar-refractivity contribution >= 4 is 5.91 Å². The minimum atomic E-state index is -4.38. The van der Waals surface area contributed by atoms with Gasteiger partial charge in [0.1, 0.15) is 17.2 Å². The molecule has 0 fully saturated rings. The zero-order chi connectivity index (χ0) is 20.6. The van der Waals surface area contributed by atoms with Gasteiger partial charge in [0.2, 0.25) is 5.91 Å². The molecule has 2 rings (SSSR count). The molecule has 0 unspecified atom stereocenters. The third-order valence-electron chi connectivity index (χ3n) is 3.87. The lowest BCUT2D eigenvalue weighted by molar-refractivity contribution is -0.153. The predicted molar refractivity (Wildman–Crippen MR) is 97.7 cm³/mol. The van der Waals surface area contributed by atoms with Crippen LogP contribution in [0.3, 0.4) is 0 Å². The molecule has 0 aliphatic rings. The second kappa shape index (κ2) is 9.87. The van der Waals surface area contributed by atoms with Gasteiger partial charge in [-0.05, 0) is 41.8 Å². The number of methoxy groups -OCH3 is 2. The molecule has 0 atom stereocenters. The maximum absolute atomic E-state index is 12.1. The van der Waals surface area contributed by atoms with E-state index < -0.39 is 12.8 Å². The van der Waals surface area contributed by atoms with E-state index in [9.17, 15) is 18.0 Å². The van der Waals surface area contributed by atoms with Gasteiger partial charge in [-0.25, -0.2) is 0 Å². The van der Waals surface area contributed by atoms with Crippen molar-refractivity contribution in [1.82, 2.24) is 5.32 Å². The van der Waals surface area contributed by atoms with Crippen molar-refractivity contribution in [3.05, 3.63) is 53.6 Å². The average Bonchev–Trinajstić information content (AvgIpc) is 2.69. The number of nitrogens with one attached hydrogen (secondary N) is 1. The Bertz CT molecular complexity index is 754. The summed E-state index contributed by atoms with van der Waals surface area (Å²) in [5.41, 5.74) is 1.67. The molecule has 8 heteroatoms. The van der Waals surface area contributed by atoms with Crippen LogP contribution in [0.1, 0.15) is 17.5 Å². The van der Waals surface area contributed by atoms with Gasteiger partial charge in [0.05, 0.1) is 14.2 Å². The van der Waals surface area contributed by atoms with Crippen LogP contribution in [0.5, 0.6) is 17.2 Å². The molecule has 0 aliphatic heterocycles. The zero-order valence-corrected chi connectivity index (χ0v) is 15.6. The van der Waals surface area contributed by atoms with Gasteiger partial charge in [-0.1, -0.05) is 12.1 Å². The molecule has 0 aromatic heterocycles. The summed E-state index contributed by atoms with van der Waals surface area (Å²) in [6.45, 7) is -1.06. The highest BCUT2D eigenvalue weighted by atomic mass is 19.4. The Kier molecular flexibility index (Phi) is 7.54. The second-order valence-corrected chi connectivity index (χ2v) is 6.05. The third kappa shape index (κ3) is 7.38. The Hall–Kier alpha value is -2.90. The molecule has 0 heterocycles. The third-order valence-corrected chi connectivity index (χ3v) is 3.87. The van der Waals surface area contributed by atoms with E-state index in [1.165, 1.54) is 12.1 Å². The van der Waals surface area contributed by atoms with Gasteiger partial charge in [-0.3, -0.25) is 4.79 Å². The molecule has 0 spiro atoms. The van der Waals surface area contributed by atoms with E-state index in [1.807, 2.05) is 12.1 Å². The normalized spacial score (nSPS) is 11.0. The summed E-state index contributed by atoms with van der Waals surface area (Å²) in [4.78, 5) is 12.1. The predicted octanol–water partition coefficient (Wildman–Crippen LogP) is 3.89. The number of ether oxygens (including phenoxy) is 3. The minimum absolute atomic E-state index is 0.124. The number of alkyl halides is 3. The van der Waals surface area contributed by atoms with Crippen molar-refractivity contribution in [3.8, 4) is 17.2 Å². The molecule has 0 bridgehead atoms. The maximum Gasteiger partial charge on any atom is 0.422 e. The molecule has 1 amide bonds. The Labute approximate surface area is 161 Å². The van der Waals surface area contributed by atoms with Crippen molar-refractivity contribution in [2.75, 3.05) is 20.8 Å². The first-order valence-electron chi connectivity index (χ1n) is 8.56. The van der Waals surface area contributed by atoms with Crippen molar-refractivity contribution < 1.29 is 32.2 Å². The highest BCUT2D eigenvalue weighted by Gasteiger charge is 2.28. The summed E-state index contributed by atoms with van der Waals surface area (Å²) in [5, 5.41) is 2.78. The van der Waals surface area contributed by atoms with E-state index in [4.69, 9.17) is 9.47 Å². The number of hydrogen-bond acceptors (Lipinski definition) is 4. The van der Waals surface area contributed by atoms with Gasteiger partial charge in [0, 0.05) is 19.0 Å². The number of rotatable bonds is 9. The Morgan fingerprint density at radius 1 is 0.929 bits per heavy atom. The molecule has 0 saturated heterocycles. The summed E-state index contributed by atoms with van der Waals surface area (Å²) < 4.78 is 51.4. The number of halogens is 3. The Morgan fingerprint density at radius 2 is 1.54 bits per heavy atom. The van der Waals surface area contributed by atoms with E-state index in [2.05, 4.69) is 10.1 Å². The summed E-state index contributed by atoms with van der Waals surface area (Å²) in [7, 11) is 3.12. The zero-order valence-electron chi connectivity index (χ0n) is 15.6. The lowest BCUT2D eigenvalue weighted by Gasteiger charge is -2.10. The van der Waals surface area contributed by atoms with Gasteiger partial charge in [0.15, 0.2) is 6.61 Å². The summed E-state index contributed by atoms with van der Waals surface area (Å²) in [5.74, 6) is 1.30. The van der Waals surface area contributed by atoms with E-state index >= 15 is 0 Å². The molecule has 152 valence electrons. The fourth-order valence-electron chi connectivity index (χ4n) is 2.43. The quantitative estimate of drug-likeness (QED) is 0.698. The largest absolute Gasteiger partial charge is 0.497 e. The Balaban J connectivity index is 1.79. The van der Waals surface area contributed by atoms with Crippen molar-refractivity contribution in [2.24, 2.45) is 0 Å². The summed E-state index contributed by atoms with van der Waals surface area (Å²) in [6.07, 6.45) is -3.58. The molecule has 28 heavy (non-hydrogen) atoms. The lowest BCUT2D eigenvalue weighted by atomic mass is 10.1. The van der Waals surface area contributed by atoms with Crippen molar-refractivity contribution in [2.45, 2.75) is 25.6 Å². The molecule has 2 aromatic carbocycles. The SMILES string of the molecule is COc1cc(CCC(=O)NCc2ccc(OCC(F)(F)F)cc2)cc(OC)c1. The summed E-state index contributed by atoms with van der Waals surface area (Å²) in [6, 6.07) is 11.5. The first-order chi connectivity index (χ1) is 13.3. The van der Waals surface area contributed by atoms with Gasteiger partial charge in [-0.15, -0.1) is 0 Å². The van der Waals surface area contributed by atoms with Crippen LogP contribution < -0.4 is 19.5 Å². The molecule has 0 aliphatic carbocycles. The molecular formula is C20H22F3NO4. The highest BCUT2D eigenvalue weighted by Crippen LogP contribution is 2.23. The number of amides is 1. The van der Waals surface area contributed by atoms with Crippen LogP contribution in [0.15, 0.2) is 42.5 Å². The average molecular weight is 397 g/mol. The van der Waals surface area contributed by atoms with Gasteiger partial charge in [-0.2, -0.15) is 13.2 Å². The van der Waals surface area contributed by atoms with E-state index in [0.29, 0.717) is 17.9 Å². The van der Waals surface area contributed by atoms with E-state index in [1.54, 1.807) is 32.4 Å².